The van der Waals surface area contributed by atoms with Crippen LogP contribution in [0.5, 0.6) is 0 Å². The van der Waals surface area contributed by atoms with E-state index in [-0.39, 0.29) is 29.2 Å². The lowest BCUT2D eigenvalue weighted by Crippen LogP contribution is -2.50. The molecule has 0 bridgehead atoms. The minimum atomic E-state index is -0.372. The summed E-state index contributed by atoms with van der Waals surface area (Å²) in [6.07, 6.45) is 7.41. The summed E-state index contributed by atoms with van der Waals surface area (Å²) in [4.78, 5) is 53.0. The standard InChI is InChI=1S/C38H47N7O3S/c1-6-44-19-21-45(22-20-44)34(37(47)42(3)4)26-15-17-28(18-16-26)39-35-38(48)43(5)24-31(40-35)29-12-10-13-30(25(29)2)41-36(46)33-23-27-11-8-7-9-14-32(27)49-33/h10,12-13,15-18,23-24,34H,6-9,11,14,19-22H2,1-5H3,(H,39,40)(H,41,46). The maximum absolute atomic E-state index is 13.3. The number of nitrogens with one attached hydrogen (secondary N) is 2. The van der Waals surface area contributed by atoms with E-state index in [9.17, 15) is 14.4 Å². The number of aryl methyl sites for hydroxylation is 3. The van der Waals surface area contributed by atoms with Crippen molar-refractivity contribution in [2.45, 2.75) is 52.0 Å². The molecule has 2 aromatic heterocycles. The lowest BCUT2D eigenvalue weighted by Gasteiger charge is -2.39. The quantitative estimate of drug-likeness (QED) is 0.214. The number of amides is 2. The maximum Gasteiger partial charge on any atom is 0.293 e. The van der Waals surface area contributed by atoms with Gasteiger partial charge in [-0.2, -0.15) is 0 Å². The van der Waals surface area contributed by atoms with E-state index in [1.54, 1.807) is 43.6 Å². The van der Waals surface area contributed by atoms with E-state index in [4.69, 9.17) is 4.98 Å². The Labute approximate surface area is 292 Å². The number of likely N-dealkylation sites (N-methyl/N-ethyl adjacent to an activating group) is 2. The van der Waals surface area contributed by atoms with Gasteiger partial charge in [0.1, 0.15) is 6.04 Å². The van der Waals surface area contributed by atoms with Crippen molar-refractivity contribution in [2.24, 2.45) is 7.05 Å². The second-order valence-electron chi connectivity index (χ2n) is 13.3. The highest BCUT2D eigenvalue weighted by Gasteiger charge is 2.31. The molecule has 0 saturated carbocycles. The van der Waals surface area contributed by atoms with Crippen LogP contribution in [0, 0.1) is 6.92 Å². The number of nitrogens with zero attached hydrogens (tertiary/aromatic N) is 5. The number of carbonyl (C=O) groups excluding carboxylic acids is 2. The van der Waals surface area contributed by atoms with E-state index in [0.717, 1.165) is 67.1 Å². The summed E-state index contributed by atoms with van der Waals surface area (Å²) in [5, 5.41) is 6.35. The van der Waals surface area contributed by atoms with E-state index in [0.29, 0.717) is 17.1 Å². The summed E-state index contributed by atoms with van der Waals surface area (Å²) in [5.41, 5.74) is 5.68. The number of hydrogen-bond donors (Lipinski definition) is 2. The molecule has 6 rings (SSSR count). The van der Waals surface area contributed by atoms with Crippen LogP contribution in [-0.2, 0) is 24.7 Å². The fourth-order valence-electron chi connectivity index (χ4n) is 6.81. The van der Waals surface area contributed by atoms with Crippen molar-refractivity contribution in [1.29, 1.82) is 0 Å². The number of hydrogen-bond acceptors (Lipinski definition) is 8. The van der Waals surface area contributed by atoms with Crippen molar-refractivity contribution >= 4 is 40.3 Å². The van der Waals surface area contributed by atoms with Crippen LogP contribution in [0.25, 0.3) is 11.3 Å². The van der Waals surface area contributed by atoms with Crippen LogP contribution in [-0.4, -0.2) is 82.9 Å². The molecule has 1 saturated heterocycles. The summed E-state index contributed by atoms with van der Waals surface area (Å²) in [7, 11) is 5.30. The van der Waals surface area contributed by atoms with Gasteiger partial charge in [-0.05, 0) is 80.1 Å². The third-order valence-corrected chi connectivity index (χ3v) is 11.0. The van der Waals surface area contributed by atoms with E-state index in [1.807, 2.05) is 49.4 Å². The number of rotatable bonds is 9. The molecule has 2 aliphatic rings. The van der Waals surface area contributed by atoms with E-state index in [2.05, 4.69) is 33.4 Å². The van der Waals surface area contributed by atoms with Crippen molar-refractivity contribution in [3.8, 4) is 11.3 Å². The number of carbonyl (C=O) groups is 2. The SMILES string of the molecule is CCN1CCN(C(C(=O)N(C)C)c2ccc(Nc3nc(-c4cccc(NC(=O)c5cc6c(s5)CCCCC6)c4C)cn(C)c3=O)cc2)CC1. The second kappa shape index (κ2) is 15.1. The van der Waals surface area contributed by atoms with Gasteiger partial charge in [-0.1, -0.05) is 37.6 Å². The molecule has 10 nitrogen and oxygen atoms in total. The normalized spacial score (nSPS) is 16.0. The fraction of sp³-hybridized carbons (Fsp3) is 0.421. The third kappa shape index (κ3) is 7.64. The molecular weight excluding hydrogens is 635 g/mol. The van der Waals surface area contributed by atoms with E-state index < -0.39 is 0 Å². The van der Waals surface area contributed by atoms with Gasteiger partial charge in [0, 0.05) is 75.3 Å². The average molecular weight is 682 g/mol. The molecule has 1 aliphatic carbocycles. The van der Waals surface area contributed by atoms with Gasteiger partial charge in [0.2, 0.25) is 5.91 Å². The fourth-order valence-corrected chi connectivity index (χ4v) is 7.96. The summed E-state index contributed by atoms with van der Waals surface area (Å²) in [6.45, 7) is 8.65. The van der Waals surface area contributed by atoms with Gasteiger partial charge in [0.25, 0.3) is 11.5 Å². The predicted molar refractivity (Wildman–Crippen MR) is 198 cm³/mol. The maximum atomic E-state index is 13.3. The van der Waals surface area contributed by atoms with Gasteiger partial charge in [-0.3, -0.25) is 19.3 Å². The van der Waals surface area contributed by atoms with Gasteiger partial charge in [-0.15, -0.1) is 11.3 Å². The van der Waals surface area contributed by atoms with Crippen LogP contribution in [0.3, 0.4) is 0 Å². The van der Waals surface area contributed by atoms with Gasteiger partial charge in [0.05, 0.1) is 10.6 Å². The number of piperazine rings is 1. The second-order valence-corrected chi connectivity index (χ2v) is 14.4. The highest BCUT2D eigenvalue weighted by molar-refractivity contribution is 7.14. The number of aromatic nitrogens is 2. The summed E-state index contributed by atoms with van der Waals surface area (Å²) >= 11 is 1.61. The zero-order valence-corrected chi connectivity index (χ0v) is 30.0. The van der Waals surface area contributed by atoms with Crippen LogP contribution >= 0.6 is 11.3 Å². The van der Waals surface area contributed by atoms with Crippen molar-refractivity contribution in [3.63, 3.8) is 0 Å². The number of thiophene rings is 1. The zero-order chi connectivity index (χ0) is 34.7. The summed E-state index contributed by atoms with van der Waals surface area (Å²) < 4.78 is 1.52. The van der Waals surface area contributed by atoms with Crippen molar-refractivity contribution in [3.05, 3.63) is 91.5 Å². The van der Waals surface area contributed by atoms with Gasteiger partial charge in [-0.25, -0.2) is 4.98 Å². The van der Waals surface area contributed by atoms with Crippen molar-refractivity contribution in [1.82, 2.24) is 24.3 Å². The molecule has 1 fully saturated rings. The van der Waals surface area contributed by atoms with Crippen molar-refractivity contribution < 1.29 is 9.59 Å². The lowest BCUT2D eigenvalue weighted by molar-refractivity contribution is -0.135. The van der Waals surface area contributed by atoms with Gasteiger partial charge >= 0.3 is 0 Å². The van der Waals surface area contributed by atoms with Crippen LogP contribution < -0.4 is 16.2 Å². The van der Waals surface area contributed by atoms with Crippen LogP contribution in [0.1, 0.15) is 63.5 Å². The molecule has 0 radical (unpaired) electrons. The summed E-state index contributed by atoms with van der Waals surface area (Å²) in [6, 6.07) is 15.1. The molecule has 1 atom stereocenters. The minimum absolute atomic E-state index is 0.0487. The molecule has 2 amide bonds. The Kier molecular flexibility index (Phi) is 10.6. The average Bonchev–Trinajstić information content (AvgIpc) is 3.38. The van der Waals surface area contributed by atoms with E-state index in [1.165, 1.54) is 34.3 Å². The van der Waals surface area contributed by atoms with Crippen molar-refractivity contribution in [2.75, 3.05) is 57.5 Å². The molecule has 1 aliphatic heterocycles. The number of fused-ring (bicyclic) bond motifs is 1. The van der Waals surface area contributed by atoms with E-state index >= 15 is 0 Å². The Hall–Kier alpha value is -4.32. The molecule has 258 valence electrons. The van der Waals surface area contributed by atoms with Gasteiger partial charge < -0.3 is 25.0 Å². The molecular formula is C38H47N7O3S. The molecule has 4 aromatic rings. The van der Waals surface area contributed by atoms with Crippen LogP contribution in [0.15, 0.2) is 59.5 Å². The number of anilines is 3. The first-order valence-corrected chi connectivity index (χ1v) is 18.1. The number of benzene rings is 2. The smallest absolute Gasteiger partial charge is 0.293 e. The molecule has 3 heterocycles. The molecule has 49 heavy (non-hydrogen) atoms. The Morgan fingerprint density at radius 3 is 2.45 bits per heavy atom. The molecule has 2 N–H and O–H groups in total. The van der Waals surface area contributed by atoms with Crippen LogP contribution in [0.4, 0.5) is 17.2 Å². The molecule has 2 aromatic carbocycles. The first-order valence-electron chi connectivity index (χ1n) is 17.3. The Morgan fingerprint density at radius 2 is 1.73 bits per heavy atom. The molecule has 0 spiro atoms. The minimum Gasteiger partial charge on any atom is -0.347 e. The Morgan fingerprint density at radius 1 is 1.00 bits per heavy atom. The Bertz CT molecular complexity index is 1850. The lowest BCUT2D eigenvalue weighted by atomic mass is 10.0. The van der Waals surface area contributed by atoms with Crippen LogP contribution in [0.2, 0.25) is 0 Å². The molecule has 11 heteroatoms. The first-order chi connectivity index (χ1) is 23.6. The monoisotopic (exact) mass is 681 g/mol. The third-order valence-electron chi connectivity index (χ3n) is 9.78. The van der Waals surface area contributed by atoms with Gasteiger partial charge in [0.15, 0.2) is 5.82 Å². The largest absolute Gasteiger partial charge is 0.347 e. The highest BCUT2D eigenvalue weighted by Crippen LogP contribution is 2.32. The Balaban J connectivity index is 1.21. The highest BCUT2D eigenvalue weighted by atomic mass is 32.1. The first kappa shape index (κ1) is 34.5. The summed E-state index contributed by atoms with van der Waals surface area (Å²) in [5.74, 6) is 0.140. The molecule has 1 unspecified atom stereocenters. The zero-order valence-electron chi connectivity index (χ0n) is 29.2. The predicted octanol–water partition coefficient (Wildman–Crippen LogP) is 5.85. The topological polar surface area (TPSA) is 103 Å².